The summed E-state index contributed by atoms with van der Waals surface area (Å²) >= 11 is 0. The summed E-state index contributed by atoms with van der Waals surface area (Å²) in [5, 5.41) is 0. The van der Waals surface area contributed by atoms with Crippen molar-refractivity contribution in [1.82, 2.24) is 0 Å². The molecule has 3 heteroatoms. The van der Waals surface area contributed by atoms with E-state index >= 15 is 0 Å². The molecule has 0 heterocycles. The molecule has 6 heavy (non-hydrogen) atoms. The number of hydrogen-bond donors (Lipinski definition) is 0. The van der Waals surface area contributed by atoms with Crippen molar-refractivity contribution >= 4 is 10.5 Å². The van der Waals surface area contributed by atoms with E-state index in [4.69, 9.17) is 4.43 Å². The second-order valence-corrected chi connectivity index (χ2v) is 1.56. The topological polar surface area (TPSA) is 18.5 Å². The van der Waals surface area contributed by atoms with E-state index in [1.54, 1.807) is 7.11 Å². The molecule has 0 amide bonds. The monoisotopic (exact) mass is 106 g/mol. The van der Waals surface area contributed by atoms with Crippen molar-refractivity contribution in [2.24, 2.45) is 0 Å². The van der Waals surface area contributed by atoms with E-state index in [-0.39, 0.29) is 0 Å². The lowest BCUT2D eigenvalue weighted by atomic mass is 10.8. The molecule has 0 aliphatic carbocycles. The van der Waals surface area contributed by atoms with Crippen molar-refractivity contribution in [3.05, 3.63) is 0 Å². The minimum atomic E-state index is 0.726. The molecule has 0 saturated heterocycles. The van der Waals surface area contributed by atoms with Gasteiger partial charge in [0, 0.05) is 7.11 Å². The summed E-state index contributed by atoms with van der Waals surface area (Å²) in [6, 6.07) is 0. The van der Waals surface area contributed by atoms with Gasteiger partial charge in [-0.05, 0) is 0 Å². The van der Waals surface area contributed by atoms with Crippen molar-refractivity contribution in [2.75, 3.05) is 20.3 Å². The Morgan fingerprint density at radius 1 is 1.50 bits per heavy atom. The Labute approximate surface area is 41.0 Å². The maximum Gasteiger partial charge on any atom is 0.146 e. The fraction of sp³-hybridized carbons (Fsp3) is 1.00. The summed E-state index contributed by atoms with van der Waals surface area (Å²) in [6.45, 7) is 1.48. The first-order valence-corrected chi connectivity index (χ1v) is 2.71. The average Bonchev–Trinajstić information content (AvgIpc) is 1.61. The maximum absolute atomic E-state index is 4.80. The lowest BCUT2D eigenvalue weighted by Crippen LogP contribution is -1.97. The van der Waals surface area contributed by atoms with E-state index in [0.29, 0.717) is 0 Å². The number of rotatable bonds is 3. The second kappa shape index (κ2) is 5.14. The molecule has 0 aromatic rings. The van der Waals surface area contributed by atoms with Gasteiger partial charge in [-0.25, -0.2) is 0 Å². The van der Waals surface area contributed by atoms with Crippen LogP contribution in [0.4, 0.5) is 0 Å². The van der Waals surface area contributed by atoms with Gasteiger partial charge in [0.15, 0.2) is 0 Å². The summed E-state index contributed by atoms with van der Waals surface area (Å²) in [5.41, 5.74) is 0. The zero-order valence-corrected chi connectivity index (χ0v) is 6.23. The van der Waals surface area contributed by atoms with Crippen molar-refractivity contribution in [1.29, 1.82) is 0 Å². The fourth-order valence-corrected chi connectivity index (χ4v) is 0.333. The largest absolute Gasteiger partial charge is 0.426 e. The zero-order chi connectivity index (χ0) is 4.83. The third-order valence-electron chi connectivity index (χ3n) is 0.492. The van der Waals surface area contributed by atoms with Gasteiger partial charge in [-0.3, -0.25) is 0 Å². The molecule has 0 N–H and O–H groups in total. The molecule has 0 spiro atoms. The highest BCUT2D eigenvalue weighted by atomic mass is 28.2. The van der Waals surface area contributed by atoms with Gasteiger partial charge in [0.25, 0.3) is 0 Å². The Hall–Kier alpha value is 0.137. The SMILES string of the molecule is COCCO[SiH3]. The highest BCUT2D eigenvalue weighted by Gasteiger charge is 1.73. The molecule has 0 fully saturated rings. The van der Waals surface area contributed by atoms with E-state index in [1.807, 2.05) is 0 Å². The molecule has 0 aromatic heterocycles. The van der Waals surface area contributed by atoms with Gasteiger partial charge in [-0.15, -0.1) is 0 Å². The summed E-state index contributed by atoms with van der Waals surface area (Å²) in [7, 11) is 2.49. The quantitative estimate of drug-likeness (QED) is 0.337. The van der Waals surface area contributed by atoms with E-state index < -0.39 is 0 Å². The van der Waals surface area contributed by atoms with Crippen molar-refractivity contribution in [3.63, 3.8) is 0 Å². The first-order valence-electron chi connectivity index (χ1n) is 1.89. The van der Waals surface area contributed by atoms with Crippen molar-refractivity contribution < 1.29 is 9.16 Å². The molecule has 0 aliphatic heterocycles. The van der Waals surface area contributed by atoms with Crippen LogP contribution < -0.4 is 0 Å². The van der Waals surface area contributed by atoms with Gasteiger partial charge in [-0.2, -0.15) is 0 Å². The Bertz CT molecular complexity index is 20.8. The Balaban J connectivity index is 2.34. The van der Waals surface area contributed by atoms with Crippen LogP contribution in [0.2, 0.25) is 0 Å². The first-order chi connectivity index (χ1) is 2.91. The van der Waals surface area contributed by atoms with Crippen LogP contribution in [0.25, 0.3) is 0 Å². The first kappa shape index (κ1) is 6.14. The van der Waals surface area contributed by atoms with Crippen LogP contribution in [0, 0.1) is 0 Å². The van der Waals surface area contributed by atoms with Crippen LogP contribution >= 0.6 is 0 Å². The van der Waals surface area contributed by atoms with Gasteiger partial charge in [0.2, 0.25) is 0 Å². The number of methoxy groups -OCH3 is 1. The molecule has 0 rings (SSSR count). The Morgan fingerprint density at radius 2 is 2.17 bits per heavy atom. The molecule has 38 valence electrons. The highest BCUT2D eigenvalue weighted by molar-refractivity contribution is 5.97. The third kappa shape index (κ3) is 4.14. The van der Waals surface area contributed by atoms with Crippen LogP contribution in [-0.4, -0.2) is 30.8 Å². The highest BCUT2D eigenvalue weighted by Crippen LogP contribution is 1.64. The Kier molecular flexibility index (Phi) is 5.25. The molecule has 0 aliphatic rings. The van der Waals surface area contributed by atoms with Crippen LogP contribution in [0.5, 0.6) is 0 Å². The summed E-state index contributed by atoms with van der Waals surface area (Å²) < 4.78 is 9.48. The van der Waals surface area contributed by atoms with Gasteiger partial charge in [0.05, 0.1) is 13.2 Å². The number of hydrogen-bond acceptors (Lipinski definition) is 2. The summed E-state index contributed by atoms with van der Waals surface area (Å²) in [4.78, 5) is 0. The molecule has 0 radical (unpaired) electrons. The van der Waals surface area contributed by atoms with Gasteiger partial charge < -0.3 is 9.16 Å². The molecule has 0 atom stereocenters. The second-order valence-electron chi connectivity index (χ2n) is 0.986. The van der Waals surface area contributed by atoms with E-state index in [0.717, 1.165) is 23.7 Å². The maximum atomic E-state index is 4.80. The standard InChI is InChI=1S/C3H10O2Si/c1-4-2-3-5-6/h2-3H2,1,6H3. The van der Waals surface area contributed by atoms with Crippen LogP contribution in [0.15, 0.2) is 0 Å². The molecule has 0 aromatic carbocycles. The van der Waals surface area contributed by atoms with Gasteiger partial charge in [0.1, 0.15) is 10.5 Å². The molecule has 0 unspecified atom stereocenters. The predicted molar refractivity (Wildman–Crippen MR) is 27.8 cm³/mol. The molecular weight excluding hydrogens is 96.1 g/mol. The van der Waals surface area contributed by atoms with Crippen LogP contribution in [0.1, 0.15) is 0 Å². The van der Waals surface area contributed by atoms with Gasteiger partial charge >= 0.3 is 0 Å². The van der Waals surface area contributed by atoms with E-state index in [2.05, 4.69) is 4.74 Å². The summed E-state index contributed by atoms with van der Waals surface area (Å²) in [6.07, 6.45) is 0. The fourth-order valence-electron chi connectivity index (χ4n) is 0.167. The van der Waals surface area contributed by atoms with E-state index in [1.165, 1.54) is 0 Å². The Morgan fingerprint density at radius 3 is 2.33 bits per heavy atom. The van der Waals surface area contributed by atoms with Crippen molar-refractivity contribution in [3.8, 4) is 0 Å². The number of ether oxygens (including phenoxy) is 1. The average molecular weight is 106 g/mol. The molecular formula is C3H10O2Si. The molecule has 0 saturated carbocycles. The minimum Gasteiger partial charge on any atom is -0.426 e. The van der Waals surface area contributed by atoms with Crippen LogP contribution in [0.3, 0.4) is 0 Å². The van der Waals surface area contributed by atoms with Crippen molar-refractivity contribution in [2.45, 2.75) is 0 Å². The smallest absolute Gasteiger partial charge is 0.146 e. The zero-order valence-electron chi connectivity index (χ0n) is 4.23. The lowest BCUT2D eigenvalue weighted by Gasteiger charge is -1.92. The third-order valence-corrected chi connectivity index (χ3v) is 0.900. The predicted octanol–water partition coefficient (Wildman–Crippen LogP) is -1.07. The lowest BCUT2D eigenvalue weighted by molar-refractivity contribution is 0.152. The molecule has 0 bridgehead atoms. The van der Waals surface area contributed by atoms with Gasteiger partial charge in [-0.1, -0.05) is 0 Å². The molecule has 2 nitrogen and oxygen atoms in total. The normalized spacial score (nSPS) is 9.50. The minimum absolute atomic E-state index is 0.726. The van der Waals surface area contributed by atoms with E-state index in [9.17, 15) is 0 Å². The summed E-state index contributed by atoms with van der Waals surface area (Å²) in [5.74, 6) is 0. The van der Waals surface area contributed by atoms with Crippen LogP contribution in [-0.2, 0) is 9.16 Å².